The summed E-state index contributed by atoms with van der Waals surface area (Å²) in [6, 6.07) is 10.0. The minimum Gasteiger partial charge on any atom is -0.392 e. The van der Waals surface area contributed by atoms with Crippen molar-refractivity contribution in [3.63, 3.8) is 0 Å². The first-order valence-electron chi connectivity index (χ1n) is 15.8. The molecular formula is C34H47Cl3N4O4. The van der Waals surface area contributed by atoms with Gasteiger partial charge in [-0.3, -0.25) is 19.4 Å². The molecule has 2 amide bonds. The van der Waals surface area contributed by atoms with Crippen molar-refractivity contribution in [1.82, 2.24) is 20.4 Å². The Morgan fingerprint density at radius 2 is 1.76 bits per heavy atom. The van der Waals surface area contributed by atoms with Gasteiger partial charge in [0, 0.05) is 55.6 Å². The van der Waals surface area contributed by atoms with Crippen molar-refractivity contribution in [2.24, 2.45) is 11.8 Å². The van der Waals surface area contributed by atoms with Crippen LogP contribution in [0.1, 0.15) is 70.2 Å². The van der Waals surface area contributed by atoms with E-state index >= 15 is 0 Å². The average molecular weight is 682 g/mol. The first-order valence-corrected chi connectivity index (χ1v) is 16.9. The lowest BCUT2D eigenvalue weighted by Crippen LogP contribution is -2.61. The summed E-state index contributed by atoms with van der Waals surface area (Å²) in [5.74, 6) is -0.544. The number of nitrogens with zero attached hydrogens (tertiary/aromatic N) is 2. The number of benzene rings is 2. The molecule has 1 fully saturated rings. The van der Waals surface area contributed by atoms with Gasteiger partial charge in [0.25, 0.3) is 0 Å². The first-order chi connectivity index (χ1) is 21.1. The smallest absolute Gasteiger partial charge is 0.239 e. The molecular weight excluding hydrogens is 635 g/mol. The van der Waals surface area contributed by atoms with E-state index in [9.17, 15) is 19.8 Å². The van der Waals surface area contributed by atoms with Crippen LogP contribution in [0.15, 0.2) is 36.4 Å². The topological polar surface area (TPSA) is 105 Å². The van der Waals surface area contributed by atoms with Crippen molar-refractivity contribution < 1.29 is 19.8 Å². The number of rotatable bonds is 11. The normalized spacial score (nSPS) is 22.2. The summed E-state index contributed by atoms with van der Waals surface area (Å²) >= 11 is 18.6. The van der Waals surface area contributed by atoms with Crippen LogP contribution in [0.25, 0.3) is 0 Å². The second-order valence-electron chi connectivity index (χ2n) is 14.1. The maximum absolute atomic E-state index is 13.6. The van der Waals surface area contributed by atoms with Crippen LogP contribution in [0, 0.1) is 11.8 Å². The van der Waals surface area contributed by atoms with Gasteiger partial charge < -0.3 is 20.8 Å². The van der Waals surface area contributed by atoms with E-state index in [1.807, 2.05) is 57.7 Å². The van der Waals surface area contributed by atoms with Crippen molar-refractivity contribution in [2.75, 3.05) is 26.2 Å². The van der Waals surface area contributed by atoms with E-state index < -0.39 is 35.7 Å². The van der Waals surface area contributed by atoms with Crippen molar-refractivity contribution in [2.45, 2.75) is 90.3 Å². The molecule has 4 rings (SSSR count). The molecule has 11 heteroatoms. The molecule has 0 spiro atoms. The Hall–Kier alpha value is -1.91. The molecule has 1 saturated heterocycles. The van der Waals surface area contributed by atoms with Crippen LogP contribution < -0.4 is 10.6 Å². The van der Waals surface area contributed by atoms with E-state index in [-0.39, 0.29) is 30.7 Å². The van der Waals surface area contributed by atoms with Gasteiger partial charge in [0.05, 0.1) is 28.3 Å². The average Bonchev–Trinajstić information content (AvgIpc) is 3.23. The van der Waals surface area contributed by atoms with Gasteiger partial charge in [-0.2, -0.15) is 0 Å². The van der Waals surface area contributed by atoms with Crippen molar-refractivity contribution in [1.29, 1.82) is 0 Å². The van der Waals surface area contributed by atoms with Crippen LogP contribution in [0.2, 0.25) is 15.1 Å². The molecule has 1 heterocycles. The van der Waals surface area contributed by atoms with E-state index in [0.717, 1.165) is 16.7 Å². The second-order valence-corrected chi connectivity index (χ2v) is 15.3. The SMILES string of the molecule is CC(C)C[C@H](C[C@H](O)CN1CCN(Cc2ccc(Cl)c(Cl)c2)C[C@H]1C(=O)NC(C)(C)C)C(=O)N[C@H]1c2cc(Cl)ccc2C[C@H]1O. The zero-order valence-electron chi connectivity index (χ0n) is 26.8. The standard InChI is InChI=1S/C34H47Cl3N4O4/c1-20(2)12-23(32(44)38-31-26-16-24(35)8-7-22(26)15-30(31)43)14-25(42)18-41-11-10-40(17-21-6-9-27(36)28(37)13-21)19-29(41)33(45)39-34(3,4)5/h6-9,13,16,20,23,25,29-31,42-43H,10-12,14-15,17-19H2,1-5H3,(H,38,44)(H,39,45)/t23-,25+,29+,30-,31+/m1/s1. The summed E-state index contributed by atoms with van der Waals surface area (Å²) in [6.07, 6.45) is -0.300. The number of fused-ring (bicyclic) bond motifs is 1. The highest BCUT2D eigenvalue weighted by atomic mass is 35.5. The molecule has 1 aliphatic heterocycles. The molecule has 0 aromatic heterocycles. The number of hydrogen-bond donors (Lipinski definition) is 4. The minimum atomic E-state index is -0.832. The molecule has 2 aromatic rings. The number of β-amino-alcohol motifs (C(OH)–C–C–N with tert-alkyl or cyclic N) is 1. The Labute approximate surface area is 282 Å². The number of halogens is 3. The number of piperazine rings is 1. The zero-order chi connectivity index (χ0) is 33.1. The second kappa shape index (κ2) is 15.3. The molecule has 2 aromatic carbocycles. The highest BCUT2D eigenvalue weighted by Gasteiger charge is 2.37. The lowest BCUT2D eigenvalue weighted by atomic mass is 9.90. The fraction of sp³-hybridized carbons (Fsp3) is 0.588. The van der Waals surface area contributed by atoms with Crippen LogP contribution in [0.4, 0.5) is 0 Å². The van der Waals surface area contributed by atoms with Crippen molar-refractivity contribution >= 4 is 46.6 Å². The van der Waals surface area contributed by atoms with Gasteiger partial charge in [-0.05, 0) is 80.5 Å². The highest BCUT2D eigenvalue weighted by molar-refractivity contribution is 6.42. The van der Waals surface area contributed by atoms with Crippen LogP contribution in [0.3, 0.4) is 0 Å². The summed E-state index contributed by atoms with van der Waals surface area (Å²) < 4.78 is 0. The van der Waals surface area contributed by atoms with Gasteiger partial charge in [0.2, 0.25) is 11.8 Å². The van der Waals surface area contributed by atoms with Gasteiger partial charge >= 0.3 is 0 Å². The highest BCUT2D eigenvalue weighted by Crippen LogP contribution is 2.34. The number of carbonyl (C=O) groups is 2. The summed E-state index contributed by atoms with van der Waals surface area (Å²) in [5, 5.41) is 29.8. The van der Waals surface area contributed by atoms with Crippen molar-refractivity contribution in [3.8, 4) is 0 Å². The molecule has 0 saturated carbocycles. The Balaban J connectivity index is 1.44. The largest absolute Gasteiger partial charge is 0.392 e. The Morgan fingerprint density at radius 3 is 2.42 bits per heavy atom. The van der Waals surface area contributed by atoms with Crippen molar-refractivity contribution in [3.05, 3.63) is 68.2 Å². The first kappa shape index (κ1) is 35.9. The number of carbonyl (C=O) groups excluding carboxylic acids is 2. The molecule has 0 bridgehead atoms. The monoisotopic (exact) mass is 680 g/mol. The summed E-state index contributed by atoms with van der Waals surface area (Å²) in [4.78, 5) is 31.4. The summed E-state index contributed by atoms with van der Waals surface area (Å²) in [6.45, 7) is 12.6. The lowest BCUT2D eigenvalue weighted by Gasteiger charge is -2.42. The van der Waals surface area contributed by atoms with Crippen LogP contribution in [-0.4, -0.2) is 81.8 Å². The predicted octanol–water partition coefficient (Wildman–Crippen LogP) is 5.24. The molecule has 0 radical (unpaired) electrons. The molecule has 5 atom stereocenters. The van der Waals surface area contributed by atoms with Crippen LogP contribution in [0.5, 0.6) is 0 Å². The number of amides is 2. The number of hydrogen-bond acceptors (Lipinski definition) is 6. The third-order valence-electron chi connectivity index (χ3n) is 8.45. The van der Waals surface area contributed by atoms with E-state index in [1.54, 1.807) is 18.2 Å². The minimum absolute atomic E-state index is 0.0995. The maximum atomic E-state index is 13.6. The van der Waals surface area contributed by atoms with E-state index in [4.69, 9.17) is 34.8 Å². The molecule has 4 N–H and O–H groups in total. The predicted molar refractivity (Wildman–Crippen MR) is 181 cm³/mol. The third-order valence-corrected chi connectivity index (χ3v) is 9.42. The van der Waals surface area contributed by atoms with Gasteiger partial charge in [0.1, 0.15) is 6.04 Å². The van der Waals surface area contributed by atoms with E-state index in [1.165, 1.54) is 0 Å². The fourth-order valence-corrected chi connectivity index (χ4v) is 6.93. The number of nitrogens with one attached hydrogen (secondary N) is 2. The molecule has 0 unspecified atom stereocenters. The molecule has 248 valence electrons. The molecule has 1 aliphatic carbocycles. The quantitative estimate of drug-likeness (QED) is 0.259. The maximum Gasteiger partial charge on any atom is 0.239 e. The summed E-state index contributed by atoms with van der Waals surface area (Å²) in [5.41, 5.74) is 2.39. The molecule has 2 aliphatic rings. The van der Waals surface area contributed by atoms with Crippen LogP contribution in [-0.2, 0) is 22.6 Å². The number of aliphatic hydroxyl groups is 2. The van der Waals surface area contributed by atoms with Gasteiger partial charge in [0.15, 0.2) is 0 Å². The van der Waals surface area contributed by atoms with Gasteiger partial charge in [-0.25, -0.2) is 0 Å². The molecule has 45 heavy (non-hydrogen) atoms. The Bertz CT molecular complexity index is 1350. The van der Waals surface area contributed by atoms with Crippen LogP contribution >= 0.6 is 34.8 Å². The van der Waals surface area contributed by atoms with Gasteiger partial charge in [-0.1, -0.05) is 60.8 Å². The van der Waals surface area contributed by atoms with Gasteiger partial charge in [-0.15, -0.1) is 0 Å². The van der Waals surface area contributed by atoms with E-state index in [2.05, 4.69) is 15.5 Å². The molecule has 8 nitrogen and oxygen atoms in total. The van der Waals surface area contributed by atoms with E-state index in [0.29, 0.717) is 54.1 Å². The Kier molecular flexibility index (Phi) is 12.2. The zero-order valence-corrected chi connectivity index (χ0v) is 29.1. The summed E-state index contributed by atoms with van der Waals surface area (Å²) in [7, 11) is 0. The lowest BCUT2D eigenvalue weighted by molar-refractivity contribution is -0.132. The Morgan fingerprint density at radius 1 is 1.02 bits per heavy atom. The number of aliphatic hydroxyl groups excluding tert-OH is 2. The fourth-order valence-electron chi connectivity index (χ4n) is 6.43. The third kappa shape index (κ3) is 10.0.